The zero-order valence-electron chi connectivity index (χ0n) is 7.49. The molecule has 5 nitrogen and oxygen atoms in total. The van der Waals surface area contributed by atoms with Gasteiger partial charge in [-0.3, -0.25) is 4.79 Å². The third-order valence-corrected chi connectivity index (χ3v) is 1.07. The van der Waals surface area contributed by atoms with Crippen molar-refractivity contribution in [2.75, 3.05) is 27.3 Å². The first-order chi connectivity index (χ1) is 5.57. The van der Waals surface area contributed by atoms with Gasteiger partial charge in [-0.2, -0.15) is 0 Å². The number of carbonyl (C=O) groups excluding carboxylic acids is 2. The van der Waals surface area contributed by atoms with Gasteiger partial charge in [0.15, 0.2) is 6.61 Å². The molecule has 5 heteroatoms. The fourth-order valence-corrected chi connectivity index (χ4v) is 0.409. The summed E-state index contributed by atoms with van der Waals surface area (Å²) < 4.78 is 8.89. The van der Waals surface area contributed by atoms with E-state index in [4.69, 9.17) is 0 Å². The van der Waals surface area contributed by atoms with Gasteiger partial charge in [-0.05, 0) is 6.92 Å². The summed E-state index contributed by atoms with van der Waals surface area (Å²) in [5.41, 5.74) is 0. The maximum atomic E-state index is 10.8. The maximum absolute atomic E-state index is 10.8. The number of hydrogen-bond acceptors (Lipinski definition) is 4. The highest BCUT2D eigenvalue weighted by molar-refractivity contribution is 5.78. The zero-order valence-corrected chi connectivity index (χ0v) is 7.49. The Morgan fingerprint density at radius 2 is 1.83 bits per heavy atom. The van der Waals surface area contributed by atoms with E-state index < -0.39 is 6.16 Å². The van der Waals surface area contributed by atoms with Crippen LogP contribution in [-0.4, -0.2) is 44.3 Å². The number of ether oxygens (including phenoxy) is 2. The molecule has 0 fully saturated rings. The van der Waals surface area contributed by atoms with Crippen LogP contribution in [0.25, 0.3) is 0 Å². The molecular formula is C7H13NO4. The smallest absolute Gasteiger partial charge is 0.435 e. The Morgan fingerprint density at radius 1 is 1.25 bits per heavy atom. The Labute approximate surface area is 71.2 Å². The Bertz CT molecular complexity index is 167. The van der Waals surface area contributed by atoms with Gasteiger partial charge in [-0.25, -0.2) is 4.79 Å². The molecule has 0 N–H and O–H groups in total. The lowest BCUT2D eigenvalue weighted by atomic mass is 10.6. The lowest BCUT2D eigenvalue weighted by Gasteiger charge is -2.09. The Kier molecular flexibility index (Phi) is 4.83. The monoisotopic (exact) mass is 175 g/mol. The molecule has 0 rings (SSSR count). The van der Waals surface area contributed by atoms with Gasteiger partial charge in [0.2, 0.25) is 0 Å². The molecule has 0 aromatic heterocycles. The van der Waals surface area contributed by atoms with Crippen LogP contribution in [0.1, 0.15) is 6.92 Å². The van der Waals surface area contributed by atoms with E-state index in [1.165, 1.54) is 4.90 Å². The van der Waals surface area contributed by atoms with Crippen molar-refractivity contribution < 1.29 is 19.1 Å². The van der Waals surface area contributed by atoms with E-state index >= 15 is 0 Å². The van der Waals surface area contributed by atoms with Crippen LogP contribution < -0.4 is 0 Å². The molecule has 0 aliphatic heterocycles. The van der Waals surface area contributed by atoms with Crippen molar-refractivity contribution in [1.29, 1.82) is 0 Å². The summed E-state index contributed by atoms with van der Waals surface area (Å²) in [7, 11) is 3.16. The molecule has 0 heterocycles. The number of nitrogens with zero attached hydrogens (tertiary/aromatic N) is 1. The summed E-state index contributed by atoms with van der Waals surface area (Å²) in [6, 6.07) is 0. The van der Waals surface area contributed by atoms with Crippen molar-refractivity contribution in [2.45, 2.75) is 6.92 Å². The zero-order chi connectivity index (χ0) is 9.56. The van der Waals surface area contributed by atoms with Crippen molar-refractivity contribution in [3.63, 3.8) is 0 Å². The summed E-state index contributed by atoms with van der Waals surface area (Å²) in [4.78, 5) is 22.7. The van der Waals surface area contributed by atoms with E-state index in [-0.39, 0.29) is 19.1 Å². The van der Waals surface area contributed by atoms with Crippen LogP contribution in [0.4, 0.5) is 4.79 Å². The molecule has 12 heavy (non-hydrogen) atoms. The molecule has 0 radical (unpaired) electrons. The van der Waals surface area contributed by atoms with Gasteiger partial charge in [0, 0.05) is 14.1 Å². The highest BCUT2D eigenvalue weighted by atomic mass is 16.7. The molecule has 0 aliphatic rings. The lowest BCUT2D eigenvalue weighted by Crippen LogP contribution is -2.27. The van der Waals surface area contributed by atoms with E-state index in [9.17, 15) is 9.59 Å². The molecule has 0 aromatic carbocycles. The van der Waals surface area contributed by atoms with Gasteiger partial charge in [-0.1, -0.05) is 0 Å². The molecular weight excluding hydrogens is 162 g/mol. The van der Waals surface area contributed by atoms with E-state index in [1.54, 1.807) is 21.0 Å². The number of likely N-dealkylation sites (N-methyl/N-ethyl adjacent to an activating group) is 1. The fourth-order valence-electron chi connectivity index (χ4n) is 0.409. The minimum absolute atomic E-state index is 0.245. The Hall–Kier alpha value is -1.26. The van der Waals surface area contributed by atoms with Gasteiger partial charge in [0.05, 0.1) is 6.61 Å². The van der Waals surface area contributed by atoms with E-state index in [0.717, 1.165) is 0 Å². The third-order valence-electron chi connectivity index (χ3n) is 1.07. The first-order valence-corrected chi connectivity index (χ1v) is 3.57. The SMILES string of the molecule is CCOC(=O)OCC(=O)N(C)C. The first kappa shape index (κ1) is 10.7. The standard InChI is InChI=1S/C7H13NO4/c1-4-11-7(10)12-5-6(9)8(2)3/h4-5H2,1-3H3. The Balaban J connectivity index is 3.54. The average molecular weight is 175 g/mol. The maximum Gasteiger partial charge on any atom is 0.508 e. The molecule has 0 unspecified atom stereocenters. The molecule has 0 bridgehead atoms. The fraction of sp³-hybridized carbons (Fsp3) is 0.714. The molecule has 0 atom stereocenters. The van der Waals surface area contributed by atoms with Crippen LogP contribution in [-0.2, 0) is 14.3 Å². The minimum Gasteiger partial charge on any atom is -0.435 e. The summed E-state index contributed by atoms with van der Waals surface area (Å²) in [5.74, 6) is -0.275. The molecule has 0 spiro atoms. The summed E-state index contributed by atoms with van der Waals surface area (Å²) in [5, 5.41) is 0. The molecule has 0 aliphatic carbocycles. The van der Waals surface area contributed by atoms with Crippen LogP contribution in [0, 0.1) is 0 Å². The number of carbonyl (C=O) groups is 2. The highest BCUT2D eigenvalue weighted by Crippen LogP contribution is 1.86. The second kappa shape index (κ2) is 5.40. The van der Waals surface area contributed by atoms with Gasteiger partial charge in [0.1, 0.15) is 0 Å². The quantitative estimate of drug-likeness (QED) is 0.577. The third kappa shape index (κ3) is 4.54. The minimum atomic E-state index is -0.812. The predicted molar refractivity (Wildman–Crippen MR) is 41.7 cm³/mol. The summed E-state index contributed by atoms with van der Waals surface area (Å²) >= 11 is 0. The lowest BCUT2D eigenvalue weighted by molar-refractivity contribution is -0.132. The van der Waals surface area contributed by atoms with Crippen molar-refractivity contribution in [2.24, 2.45) is 0 Å². The van der Waals surface area contributed by atoms with Crippen LogP contribution in [0.5, 0.6) is 0 Å². The van der Waals surface area contributed by atoms with Crippen LogP contribution >= 0.6 is 0 Å². The molecule has 0 saturated carbocycles. The van der Waals surface area contributed by atoms with Gasteiger partial charge in [0.25, 0.3) is 5.91 Å². The van der Waals surface area contributed by atoms with E-state index in [0.29, 0.717) is 0 Å². The van der Waals surface area contributed by atoms with E-state index in [2.05, 4.69) is 9.47 Å². The largest absolute Gasteiger partial charge is 0.508 e. The average Bonchev–Trinajstić information content (AvgIpc) is 2.00. The van der Waals surface area contributed by atoms with E-state index in [1.807, 2.05) is 0 Å². The van der Waals surface area contributed by atoms with Gasteiger partial charge in [-0.15, -0.1) is 0 Å². The molecule has 0 saturated heterocycles. The number of rotatable bonds is 3. The second-order valence-electron chi connectivity index (χ2n) is 2.26. The number of amides is 1. The number of hydrogen-bond donors (Lipinski definition) is 0. The topological polar surface area (TPSA) is 55.8 Å². The molecule has 0 aromatic rings. The predicted octanol–water partition coefficient (Wildman–Crippen LogP) is 0.248. The first-order valence-electron chi connectivity index (χ1n) is 3.57. The van der Waals surface area contributed by atoms with Crippen molar-refractivity contribution in [3.8, 4) is 0 Å². The van der Waals surface area contributed by atoms with Crippen molar-refractivity contribution in [1.82, 2.24) is 4.90 Å². The van der Waals surface area contributed by atoms with Crippen LogP contribution in [0.15, 0.2) is 0 Å². The van der Waals surface area contributed by atoms with Crippen LogP contribution in [0.2, 0.25) is 0 Å². The molecule has 70 valence electrons. The van der Waals surface area contributed by atoms with Crippen LogP contribution in [0.3, 0.4) is 0 Å². The summed E-state index contributed by atoms with van der Waals surface area (Å²) in [6.45, 7) is 1.63. The highest BCUT2D eigenvalue weighted by Gasteiger charge is 2.08. The summed E-state index contributed by atoms with van der Waals surface area (Å²) in [6.07, 6.45) is -0.812. The normalized spacial score (nSPS) is 8.92. The van der Waals surface area contributed by atoms with Gasteiger partial charge < -0.3 is 14.4 Å². The second-order valence-corrected chi connectivity index (χ2v) is 2.26. The van der Waals surface area contributed by atoms with Crippen molar-refractivity contribution >= 4 is 12.1 Å². The van der Waals surface area contributed by atoms with Gasteiger partial charge >= 0.3 is 6.16 Å². The van der Waals surface area contributed by atoms with Crippen molar-refractivity contribution in [3.05, 3.63) is 0 Å². The Morgan fingerprint density at radius 3 is 2.25 bits per heavy atom. The molecule has 1 amide bonds.